The first-order valence-corrected chi connectivity index (χ1v) is 7.26. The summed E-state index contributed by atoms with van der Waals surface area (Å²) in [6, 6.07) is -0.674. The fraction of sp³-hybridized carbons (Fsp3) is 0.286. The number of hydrazine groups is 1. The number of hydrogen-bond donors (Lipinski definition) is 0. The lowest BCUT2D eigenvalue weighted by Gasteiger charge is -2.34. The van der Waals surface area contributed by atoms with Gasteiger partial charge in [-0.25, -0.2) is 23.2 Å². The molecule has 0 saturated heterocycles. The number of alkyl halides is 3. The minimum absolute atomic E-state index is 0.165. The lowest BCUT2D eigenvalue weighted by atomic mass is 10.1. The number of guanidine groups is 1. The molecule has 2 aliphatic rings. The molecule has 134 valence electrons. The van der Waals surface area contributed by atoms with Crippen molar-refractivity contribution in [2.24, 2.45) is 9.98 Å². The van der Waals surface area contributed by atoms with Gasteiger partial charge in [-0.05, 0) is 19.1 Å². The molecule has 0 amide bonds. The number of allylic oxidation sites excluding steroid dienone is 1. The molecule has 11 heteroatoms. The first-order valence-electron chi connectivity index (χ1n) is 6.88. The quantitative estimate of drug-likeness (QED) is 0.574. The van der Waals surface area contributed by atoms with Crippen molar-refractivity contribution < 1.29 is 26.3 Å². The third kappa shape index (κ3) is 2.99. The molecule has 1 aromatic carbocycles. The molecule has 0 aromatic heterocycles. The number of fused-ring (bicyclic) bond motifs is 1. The van der Waals surface area contributed by atoms with Crippen molar-refractivity contribution in [3.63, 3.8) is 0 Å². The lowest BCUT2D eigenvalue weighted by molar-refractivity contribution is -0.196. The van der Waals surface area contributed by atoms with Crippen molar-refractivity contribution in [1.82, 2.24) is 10.0 Å². The van der Waals surface area contributed by atoms with Crippen LogP contribution in [0.3, 0.4) is 0 Å². The molecule has 0 bridgehead atoms. The molecule has 1 atom stereocenters. The van der Waals surface area contributed by atoms with Gasteiger partial charge in [-0.1, -0.05) is 11.6 Å². The standard InChI is InChI=1S/C14H9ClF6N4/c1-6(14(19,20)21)25-5-22-13-23-12(15)7(4-24(13)25)10-8(16)2-3-9(17)11(10)18/h2-4,6H,5H2,1H3/t6-/m0/s1. The summed E-state index contributed by atoms with van der Waals surface area (Å²) >= 11 is 5.87. The van der Waals surface area contributed by atoms with Crippen LogP contribution in [0.15, 0.2) is 28.3 Å². The summed E-state index contributed by atoms with van der Waals surface area (Å²) in [7, 11) is 0. The summed E-state index contributed by atoms with van der Waals surface area (Å²) in [6.45, 7) is 0.525. The van der Waals surface area contributed by atoms with Crippen molar-refractivity contribution in [3.05, 3.63) is 41.3 Å². The first kappa shape index (κ1) is 17.7. The van der Waals surface area contributed by atoms with Gasteiger partial charge >= 0.3 is 6.18 Å². The maximum absolute atomic E-state index is 14.0. The number of benzene rings is 1. The third-order valence-electron chi connectivity index (χ3n) is 3.74. The highest BCUT2D eigenvalue weighted by Gasteiger charge is 2.45. The zero-order valence-electron chi connectivity index (χ0n) is 12.5. The smallest absolute Gasteiger partial charge is 0.245 e. The fourth-order valence-corrected chi connectivity index (χ4v) is 2.57. The number of aliphatic imine (C=N–C) groups is 2. The summed E-state index contributed by atoms with van der Waals surface area (Å²) in [5.74, 6) is -4.15. The van der Waals surface area contributed by atoms with Gasteiger partial charge in [0, 0.05) is 11.8 Å². The normalized spacial score (nSPS) is 19.4. The van der Waals surface area contributed by atoms with E-state index in [0.717, 1.165) is 23.1 Å². The van der Waals surface area contributed by atoms with Gasteiger partial charge in [0.05, 0.1) is 5.56 Å². The van der Waals surface area contributed by atoms with Crippen LogP contribution in [0, 0.1) is 17.5 Å². The lowest BCUT2D eigenvalue weighted by Crippen LogP contribution is -2.50. The van der Waals surface area contributed by atoms with Crippen LogP contribution in [0.25, 0.3) is 5.57 Å². The van der Waals surface area contributed by atoms with Crippen LogP contribution in [0.4, 0.5) is 26.3 Å². The minimum Gasteiger partial charge on any atom is -0.245 e. The largest absolute Gasteiger partial charge is 0.405 e. The molecule has 25 heavy (non-hydrogen) atoms. The molecule has 0 N–H and O–H groups in total. The van der Waals surface area contributed by atoms with Gasteiger partial charge in [-0.3, -0.25) is 0 Å². The number of halogens is 7. The maximum Gasteiger partial charge on any atom is 0.405 e. The highest BCUT2D eigenvalue weighted by molar-refractivity contribution is 6.77. The molecule has 3 rings (SSSR count). The summed E-state index contributed by atoms with van der Waals surface area (Å²) in [6.07, 6.45) is -3.62. The van der Waals surface area contributed by atoms with E-state index in [1.54, 1.807) is 0 Å². The van der Waals surface area contributed by atoms with Crippen LogP contribution in [0.2, 0.25) is 0 Å². The SMILES string of the molecule is C[C@H](N1CN=C2N=C(Cl)C(c3c(F)ccc(F)c3F)=CN21)C(F)(F)F. The Hall–Kier alpha value is -2.07. The van der Waals surface area contributed by atoms with E-state index in [0.29, 0.717) is 12.1 Å². The molecule has 0 aliphatic carbocycles. The summed E-state index contributed by atoms with van der Waals surface area (Å²) in [4.78, 5) is 7.56. The van der Waals surface area contributed by atoms with Crippen LogP contribution in [0.5, 0.6) is 0 Å². The summed E-state index contributed by atoms with van der Waals surface area (Å²) in [5, 5.41) is 1.26. The molecule has 4 nitrogen and oxygen atoms in total. The van der Waals surface area contributed by atoms with Crippen molar-refractivity contribution in [2.45, 2.75) is 19.1 Å². The van der Waals surface area contributed by atoms with Crippen molar-refractivity contribution in [2.75, 3.05) is 6.67 Å². The van der Waals surface area contributed by atoms with Crippen molar-refractivity contribution in [1.29, 1.82) is 0 Å². The van der Waals surface area contributed by atoms with Gasteiger partial charge in [-0.2, -0.15) is 23.2 Å². The van der Waals surface area contributed by atoms with E-state index in [1.165, 1.54) is 0 Å². The monoisotopic (exact) mass is 382 g/mol. The van der Waals surface area contributed by atoms with Crippen molar-refractivity contribution >= 4 is 28.3 Å². The Labute approximate surface area is 142 Å². The Morgan fingerprint density at radius 3 is 2.44 bits per heavy atom. The van der Waals surface area contributed by atoms with Gasteiger partial charge < -0.3 is 0 Å². The van der Waals surface area contributed by atoms with Gasteiger partial charge in [-0.15, -0.1) is 0 Å². The van der Waals surface area contributed by atoms with Gasteiger partial charge in [0.2, 0.25) is 5.96 Å². The average molecular weight is 383 g/mol. The van der Waals surface area contributed by atoms with E-state index in [-0.39, 0.29) is 12.6 Å². The molecular formula is C14H9ClF6N4. The second-order valence-electron chi connectivity index (χ2n) is 5.26. The molecule has 1 aromatic rings. The van der Waals surface area contributed by atoms with Crippen LogP contribution in [0.1, 0.15) is 12.5 Å². The highest BCUT2D eigenvalue weighted by atomic mass is 35.5. The predicted octanol–water partition coefficient (Wildman–Crippen LogP) is 3.89. The molecule has 0 radical (unpaired) electrons. The van der Waals surface area contributed by atoms with E-state index >= 15 is 0 Å². The van der Waals surface area contributed by atoms with E-state index in [1.807, 2.05) is 0 Å². The second kappa shape index (κ2) is 6.03. The zero-order valence-corrected chi connectivity index (χ0v) is 13.2. The van der Waals surface area contributed by atoms with Gasteiger partial charge in [0.1, 0.15) is 23.7 Å². The first-order chi connectivity index (χ1) is 11.6. The highest BCUT2D eigenvalue weighted by Crippen LogP contribution is 2.34. The molecular weight excluding hydrogens is 374 g/mol. The Morgan fingerprint density at radius 2 is 1.80 bits per heavy atom. The number of hydrogen-bond acceptors (Lipinski definition) is 4. The van der Waals surface area contributed by atoms with Gasteiger partial charge in [0.25, 0.3) is 0 Å². The maximum atomic E-state index is 14.0. The molecule has 2 aliphatic heterocycles. The number of nitrogens with zero attached hydrogens (tertiary/aromatic N) is 4. The molecule has 0 unspecified atom stereocenters. The van der Waals surface area contributed by atoms with Crippen LogP contribution >= 0.6 is 11.6 Å². The summed E-state index contributed by atoms with van der Waals surface area (Å²) < 4.78 is 80.3. The van der Waals surface area contributed by atoms with E-state index in [9.17, 15) is 26.3 Å². The van der Waals surface area contributed by atoms with E-state index < -0.39 is 46.0 Å². The molecule has 2 heterocycles. The van der Waals surface area contributed by atoms with Crippen LogP contribution in [-0.2, 0) is 0 Å². The Morgan fingerprint density at radius 1 is 1.16 bits per heavy atom. The van der Waals surface area contributed by atoms with E-state index in [2.05, 4.69) is 9.98 Å². The zero-order chi connectivity index (χ0) is 18.5. The van der Waals surface area contributed by atoms with Crippen LogP contribution < -0.4 is 0 Å². The molecule has 0 fully saturated rings. The molecule has 0 saturated carbocycles. The fourth-order valence-electron chi connectivity index (χ4n) is 2.35. The van der Waals surface area contributed by atoms with E-state index in [4.69, 9.17) is 11.6 Å². The Kier molecular flexibility index (Phi) is 4.28. The Bertz CT molecular complexity index is 816. The van der Waals surface area contributed by atoms with Crippen LogP contribution in [-0.4, -0.2) is 40.0 Å². The average Bonchev–Trinajstić information content (AvgIpc) is 2.92. The predicted molar refractivity (Wildman–Crippen MR) is 79.1 cm³/mol. The number of rotatable bonds is 2. The molecule has 0 spiro atoms. The summed E-state index contributed by atoms with van der Waals surface area (Å²) in [5.41, 5.74) is -1.21. The second-order valence-corrected chi connectivity index (χ2v) is 5.62. The topological polar surface area (TPSA) is 31.2 Å². The minimum atomic E-state index is -4.57. The third-order valence-corrected chi connectivity index (χ3v) is 4.03. The van der Waals surface area contributed by atoms with Crippen molar-refractivity contribution in [3.8, 4) is 0 Å². The van der Waals surface area contributed by atoms with Gasteiger partial charge in [0.15, 0.2) is 11.6 Å². The Balaban J connectivity index is 2.07.